The van der Waals surface area contributed by atoms with E-state index >= 15 is 0 Å². The van der Waals surface area contributed by atoms with E-state index in [1.54, 1.807) is 0 Å². The molecule has 4 nitrogen and oxygen atoms in total. The molecule has 0 bridgehead atoms. The first-order valence-corrected chi connectivity index (χ1v) is 5.59. The van der Waals surface area contributed by atoms with Crippen LogP contribution in [-0.2, 0) is 0 Å². The molecule has 0 saturated carbocycles. The summed E-state index contributed by atoms with van der Waals surface area (Å²) >= 11 is 0. The van der Waals surface area contributed by atoms with Crippen molar-refractivity contribution < 1.29 is 0 Å². The zero-order valence-electron chi connectivity index (χ0n) is 9.00. The molecule has 0 amide bonds. The zero-order chi connectivity index (χ0) is 11.0. The molecule has 1 fully saturated rings. The summed E-state index contributed by atoms with van der Waals surface area (Å²) in [6.45, 7) is 0.980. The Hall–Kier alpha value is -1.68. The van der Waals surface area contributed by atoms with Crippen LogP contribution in [0, 0.1) is 0 Å². The van der Waals surface area contributed by atoms with E-state index in [1.165, 1.54) is 0 Å². The van der Waals surface area contributed by atoms with Crippen LogP contribution in [0.15, 0.2) is 30.3 Å². The smallest absolute Gasteiger partial charge is 0.153 e. The zero-order valence-corrected chi connectivity index (χ0v) is 9.00. The van der Waals surface area contributed by atoms with Crippen molar-refractivity contribution in [3.8, 4) is 0 Å². The van der Waals surface area contributed by atoms with Gasteiger partial charge in [-0.25, -0.2) is 0 Å². The molecule has 0 radical (unpaired) electrons. The minimum atomic E-state index is 0.0930. The van der Waals surface area contributed by atoms with Gasteiger partial charge < -0.3 is 10.6 Å². The van der Waals surface area contributed by atoms with E-state index in [4.69, 9.17) is 5.73 Å². The van der Waals surface area contributed by atoms with Gasteiger partial charge in [0.15, 0.2) is 5.82 Å². The van der Waals surface area contributed by atoms with Gasteiger partial charge in [-0.05, 0) is 25.0 Å². The Labute approximate surface area is 94.1 Å². The maximum atomic E-state index is 6.01. The Morgan fingerprint density at radius 1 is 1.25 bits per heavy atom. The van der Waals surface area contributed by atoms with Gasteiger partial charge in [-0.3, -0.25) is 0 Å². The standard InChI is InChI=1S/C12H14N4/c13-11-6-3-7-16(11)12-8-9-4-1-2-5-10(9)14-15-12/h1-2,4-5,8,11H,3,6-7,13H2. The topological polar surface area (TPSA) is 55.0 Å². The molecule has 4 heteroatoms. The average Bonchev–Trinajstić information content (AvgIpc) is 2.75. The van der Waals surface area contributed by atoms with Gasteiger partial charge in [0.1, 0.15) is 0 Å². The second kappa shape index (κ2) is 3.72. The monoisotopic (exact) mass is 214 g/mol. The molecule has 1 aliphatic heterocycles. The predicted molar refractivity (Wildman–Crippen MR) is 64.1 cm³/mol. The third-order valence-electron chi connectivity index (χ3n) is 3.08. The second-order valence-corrected chi connectivity index (χ2v) is 4.16. The minimum absolute atomic E-state index is 0.0930. The third-order valence-corrected chi connectivity index (χ3v) is 3.08. The van der Waals surface area contributed by atoms with Crippen LogP contribution in [0.5, 0.6) is 0 Å². The number of hydrogen-bond acceptors (Lipinski definition) is 4. The summed E-state index contributed by atoms with van der Waals surface area (Å²) in [7, 11) is 0. The van der Waals surface area contributed by atoms with E-state index in [0.717, 1.165) is 36.1 Å². The first-order valence-electron chi connectivity index (χ1n) is 5.59. The lowest BCUT2D eigenvalue weighted by molar-refractivity contribution is 0.690. The number of hydrogen-bond donors (Lipinski definition) is 1. The fourth-order valence-electron chi connectivity index (χ4n) is 2.19. The highest BCUT2D eigenvalue weighted by molar-refractivity contribution is 5.80. The van der Waals surface area contributed by atoms with Crippen molar-refractivity contribution in [1.29, 1.82) is 0 Å². The van der Waals surface area contributed by atoms with E-state index in [9.17, 15) is 0 Å². The lowest BCUT2D eigenvalue weighted by Gasteiger charge is -2.21. The molecule has 1 atom stereocenters. The lowest BCUT2D eigenvalue weighted by atomic mass is 10.2. The third kappa shape index (κ3) is 1.51. The van der Waals surface area contributed by atoms with Crippen molar-refractivity contribution in [1.82, 2.24) is 10.2 Å². The summed E-state index contributed by atoms with van der Waals surface area (Å²) in [4.78, 5) is 2.12. The van der Waals surface area contributed by atoms with Crippen LogP contribution in [0.3, 0.4) is 0 Å². The van der Waals surface area contributed by atoms with E-state index in [-0.39, 0.29) is 6.17 Å². The molecule has 0 aliphatic carbocycles. The van der Waals surface area contributed by atoms with Crippen LogP contribution >= 0.6 is 0 Å². The molecule has 1 aliphatic rings. The van der Waals surface area contributed by atoms with Crippen LogP contribution in [0.1, 0.15) is 12.8 Å². The maximum absolute atomic E-state index is 6.01. The molecular formula is C12H14N4. The minimum Gasteiger partial charge on any atom is -0.340 e. The molecular weight excluding hydrogens is 200 g/mol. The maximum Gasteiger partial charge on any atom is 0.153 e. The van der Waals surface area contributed by atoms with Gasteiger partial charge in [-0.15, -0.1) is 10.2 Å². The van der Waals surface area contributed by atoms with Gasteiger partial charge >= 0.3 is 0 Å². The number of nitrogens with zero attached hydrogens (tertiary/aromatic N) is 3. The Bertz CT molecular complexity index is 511. The van der Waals surface area contributed by atoms with Crippen molar-refractivity contribution >= 4 is 16.7 Å². The van der Waals surface area contributed by atoms with Crippen molar-refractivity contribution in [2.45, 2.75) is 19.0 Å². The predicted octanol–water partition coefficient (Wildman–Crippen LogP) is 1.51. The quantitative estimate of drug-likeness (QED) is 0.782. The first kappa shape index (κ1) is 9.54. The van der Waals surface area contributed by atoms with E-state index in [1.807, 2.05) is 18.2 Å². The largest absolute Gasteiger partial charge is 0.340 e. The van der Waals surface area contributed by atoms with E-state index < -0.39 is 0 Å². The number of benzene rings is 1. The Morgan fingerprint density at radius 3 is 2.94 bits per heavy atom. The molecule has 1 aromatic carbocycles. The van der Waals surface area contributed by atoms with Crippen molar-refractivity contribution in [2.24, 2.45) is 5.73 Å². The molecule has 0 spiro atoms. The van der Waals surface area contributed by atoms with Gasteiger partial charge in [0.2, 0.25) is 0 Å². The molecule has 1 unspecified atom stereocenters. The lowest BCUT2D eigenvalue weighted by Crippen LogP contribution is -2.37. The molecule has 2 heterocycles. The summed E-state index contributed by atoms with van der Waals surface area (Å²) in [5.41, 5.74) is 6.94. The van der Waals surface area contributed by atoms with Crippen LogP contribution < -0.4 is 10.6 Å². The number of anilines is 1. The highest BCUT2D eigenvalue weighted by Crippen LogP contribution is 2.22. The van der Waals surface area contributed by atoms with Gasteiger partial charge in [0, 0.05) is 11.9 Å². The molecule has 3 rings (SSSR count). The Kier molecular flexibility index (Phi) is 2.22. The summed E-state index contributed by atoms with van der Waals surface area (Å²) in [6.07, 6.45) is 2.26. The van der Waals surface area contributed by atoms with Crippen LogP contribution in [0.4, 0.5) is 5.82 Å². The number of rotatable bonds is 1. The average molecular weight is 214 g/mol. The summed E-state index contributed by atoms with van der Waals surface area (Å²) in [5, 5.41) is 9.57. The van der Waals surface area contributed by atoms with Gasteiger partial charge in [-0.1, -0.05) is 18.2 Å². The molecule has 2 aromatic rings. The SMILES string of the molecule is NC1CCCN1c1cc2ccccc2nn1. The Morgan fingerprint density at radius 2 is 2.12 bits per heavy atom. The van der Waals surface area contributed by atoms with Crippen molar-refractivity contribution in [2.75, 3.05) is 11.4 Å². The summed E-state index contributed by atoms with van der Waals surface area (Å²) < 4.78 is 0. The van der Waals surface area contributed by atoms with Gasteiger partial charge in [0.05, 0.1) is 11.7 Å². The normalized spacial score (nSPS) is 20.6. The molecule has 2 N–H and O–H groups in total. The summed E-state index contributed by atoms with van der Waals surface area (Å²) in [5.74, 6) is 0.892. The van der Waals surface area contributed by atoms with E-state index in [0.29, 0.717) is 0 Å². The van der Waals surface area contributed by atoms with Crippen LogP contribution in [0.2, 0.25) is 0 Å². The van der Waals surface area contributed by atoms with Gasteiger partial charge in [-0.2, -0.15) is 0 Å². The number of nitrogens with two attached hydrogens (primary N) is 1. The highest BCUT2D eigenvalue weighted by atomic mass is 15.3. The highest BCUT2D eigenvalue weighted by Gasteiger charge is 2.22. The number of fused-ring (bicyclic) bond motifs is 1. The number of aromatic nitrogens is 2. The van der Waals surface area contributed by atoms with Gasteiger partial charge in [0.25, 0.3) is 0 Å². The molecule has 82 valence electrons. The Balaban J connectivity index is 2.04. The first-order chi connectivity index (χ1) is 7.84. The molecule has 1 aromatic heterocycles. The van der Waals surface area contributed by atoms with E-state index in [2.05, 4.69) is 27.2 Å². The molecule has 16 heavy (non-hydrogen) atoms. The van der Waals surface area contributed by atoms with Crippen LogP contribution in [-0.4, -0.2) is 22.9 Å². The molecule has 1 saturated heterocycles. The van der Waals surface area contributed by atoms with Crippen LogP contribution in [0.25, 0.3) is 10.9 Å². The fraction of sp³-hybridized carbons (Fsp3) is 0.333. The second-order valence-electron chi connectivity index (χ2n) is 4.16. The summed E-state index contributed by atoms with van der Waals surface area (Å²) in [6, 6.07) is 10.1. The van der Waals surface area contributed by atoms with Crippen molar-refractivity contribution in [3.63, 3.8) is 0 Å². The fourth-order valence-corrected chi connectivity index (χ4v) is 2.19. The van der Waals surface area contributed by atoms with Crippen molar-refractivity contribution in [3.05, 3.63) is 30.3 Å².